The quantitative estimate of drug-likeness (QED) is 0.192. The van der Waals surface area contributed by atoms with Crippen LogP contribution < -0.4 is 4.74 Å². The highest BCUT2D eigenvalue weighted by molar-refractivity contribution is 6.44. The SMILES string of the molecule is CCOC(=O)c1cccc2nc(OCC)n(Cc3ccc(-c4ccccc4C(=O)C(C)=O)cc3)c12. The first-order valence-electron chi connectivity index (χ1n) is 11.5. The lowest BCUT2D eigenvalue weighted by Gasteiger charge is -2.12. The molecule has 4 rings (SSSR count). The summed E-state index contributed by atoms with van der Waals surface area (Å²) in [6, 6.07) is 20.5. The summed E-state index contributed by atoms with van der Waals surface area (Å²) in [5, 5.41) is 0. The first-order valence-corrected chi connectivity index (χ1v) is 11.5. The number of benzene rings is 3. The fraction of sp³-hybridized carbons (Fsp3) is 0.214. The van der Waals surface area contributed by atoms with Gasteiger partial charge in [0.05, 0.1) is 36.4 Å². The van der Waals surface area contributed by atoms with Gasteiger partial charge in [-0.3, -0.25) is 14.2 Å². The topological polar surface area (TPSA) is 87.5 Å². The minimum atomic E-state index is -0.512. The van der Waals surface area contributed by atoms with Crippen molar-refractivity contribution in [3.8, 4) is 17.1 Å². The van der Waals surface area contributed by atoms with Gasteiger partial charge in [-0.2, -0.15) is 4.98 Å². The number of rotatable bonds is 9. The summed E-state index contributed by atoms with van der Waals surface area (Å²) in [4.78, 5) is 41.2. The summed E-state index contributed by atoms with van der Waals surface area (Å²) in [5.41, 5.74) is 4.58. The van der Waals surface area contributed by atoms with Crippen LogP contribution in [0.15, 0.2) is 66.7 Å². The van der Waals surface area contributed by atoms with E-state index in [0.29, 0.717) is 46.9 Å². The van der Waals surface area contributed by atoms with Crippen LogP contribution in [0.3, 0.4) is 0 Å². The average Bonchev–Trinajstić information content (AvgIpc) is 3.21. The molecule has 0 saturated heterocycles. The van der Waals surface area contributed by atoms with Crippen LogP contribution in [-0.4, -0.2) is 40.3 Å². The highest BCUT2D eigenvalue weighted by atomic mass is 16.5. The number of ether oxygens (including phenoxy) is 2. The van der Waals surface area contributed by atoms with Gasteiger partial charge in [0.2, 0.25) is 5.78 Å². The third kappa shape index (κ3) is 4.84. The highest BCUT2D eigenvalue weighted by Gasteiger charge is 2.20. The van der Waals surface area contributed by atoms with Crippen molar-refractivity contribution in [1.82, 2.24) is 9.55 Å². The van der Waals surface area contributed by atoms with Gasteiger partial charge in [-0.15, -0.1) is 0 Å². The fourth-order valence-electron chi connectivity index (χ4n) is 4.02. The van der Waals surface area contributed by atoms with Crippen LogP contribution in [0, 0.1) is 0 Å². The summed E-state index contributed by atoms with van der Waals surface area (Å²) in [6.07, 6.45) is 0. The van der Waals surface area contributed by atoms with Gasteiger partial charge in [-0.1, -0.05) is 54.6 Å². The zero-order chi connectivity index (χ0) is 24.9. The molecule has 0 unspecified atom stereocenters. The normalized spacial score (nSPS) is 10.8. The number of para-hydroxylation sites is 1. The molecule has 178 valence electrons. The number of carbonyl (C=O) groups excluding carboxylic acids is 3. The molecule has 7 heteroatoms. The molecule has 0 aliphatic rings. The van der Waals surface area contributed by atoms with Crippen molar-refractivity contribution in [3.05, 3.63) is 83.4 Å². The van der Waals surface area contributed by atoms with E-state index in [9.17, 15) is 14.4 Å². The molecule has 7 nitrogen and oxygen atoms in total. The summed E-state index contributed by atoms with van der Waals surface area (Å²) in [6.45, 7) is 6.04. The Hall–Kier alpha value is -4.26. The molecule has 0 N–H and O–H groups in total. The number of hydrogen-bond acceptors (Lipinski definition) is 6. The zero-order valence-corrected chi connectivity index (χ0v) is 19.9. The molecule has 0 atom stereocenters. The minimum absolute atomic E-state index is 0.275. The molecule has 0 bridgehead atoms. The van der Waals surface area contributed by atoms with Gasteiger partial charge in [0.1, 0.15) is 0 Å². The van der Waals surface area contributed by atoms with E-state index in [1.165, 1.54) is 6.92 Å². The van der Waals surface area contributed by atoms with Crippen molar-refractivity contribution in [1.29, 1.82) is 0 Å². The summed E-state index contributed by atoms with van der Waals surface area (Å²) >= 11 is 0. The van der Waals surface area contributed by atoms with Gasteiger partial charge in [0.25, 0.3) is 6.01 Å². The number of aromatic nitrogens is 2. The molecule has 1 heterocycles. The average molecular weight is 471 g/mol. The van der Waals surface area contributed by atoms with E-state index in [2.05, 4.69) is 4.98 Å². The molecule has 0 aliphatic heterocycles. The largest absolute Gasteiger partial charge is 0.465 e. The lowest BCUT2D eigenvalue weighted by molar-refractivity contribution is -0.113. The Kier molecular flexibility index (Phi) is 7.06. The highest BCUT2D eigenvalue weighted by Crippen LogP contribution is 2.29. The molecule has 0 aliphatic carbocycles. The number of hydrogen-bond donors (Lipinski definition) is 0. The van der Waals surface area contributed by atoms with Crippen molar-refractivity contribution in [3.63, 3.8) is 0 Å². The van der Waals surface area contributed by atoms with Crippen LogP contribution in [0.5, 0.6) is 6.01 Å². The molecule has 0 radical (unpaired) electrons. The molecule has 0 amide bonds. The third-order valence-electron chi connectivity index (χ3n) is 5.60. The maximum Gasteiger partial charge on any atom is 0.340 e. The molecular weight excluding hydrogens is 444 g/mol. The van der Waals surface area contributed by atoms with Crippen molar-refractivity contribution in [2.75, 3.05) is 13.2 Å². The Morgan fingerprint density at radius 2 is 1.57 bits per heavy atom. The second kappa shape index (κ2) is 10.3. The number of esters is 1. The van der Waals surface area contributed by atoms with Gasteiger partial charge in [0, 0.05) is 12.5 Å². The van der Waals surface area contributed by atoms with Crippen LogP contribution in [-0.2, 0) is 16.1 Å². The Balaban J connectivity index is 1.73. The lowest BCUT2D eigenvalue weighted by atomic mass is 9.95. The van der Waals surface area contributed by atoms with E-state index in [1.54, 1.807) is 31.2 Å². The fourth-order valence-corrected chi connectivity index (χ4v) is 4.02. The van der Waals surface area contributed by atoms with E-state index >= 15 is 0 Å². The van der Waals surface area contributed by atoms with Crippen LogP contribution in [0.1, 0.15) is 47.1 Å². The summed E-state index contributed by atoms with van der Waals surface area (Å²) in [5.74, 6) is -1.42. The zero-order valence-electron chi connectivity index (χ0n) is 19.9. The van der Waals surface area contributed by atoms with Crippen LogP contribution in [0.2, 0.25) is 0 Å². The second-order valence-corrected chi connectivity index (χ2v) is 7.94. The van der Waals surface area contributed by atoms with Gasteiger partial charge in [-0.25, -0.2) is 4.79 Å². The number of Topliss-reactive ketones (excluding diaryl/α,β-unsaturated/α-hetero) is 2. The minimum Gasteiger partial charge on any atom is -0.465 e. The number of nitrogens with zero attached hydrogens (tertiary/aromatic N) is 2. The van der Waals surface area contributed by atoms with E-state index in [0.717, 1.165) is 11.1 Å². The molecular formula is C28H26N2O5. The molecule has 4 aromatic rings. The smallest absolute Gasteiger partial charge is 0.340 e. The molecule has 0 spiro atoms. The Morgan fingerprint density at radius 3 is 2.26 bits per heavy atom. The van der Waals surface area contributed by atoms with E-state index < -0.39 is 17.5 Å². The monoisotopic (exact) mass is 470 g/mol. The first-order chi connectivity index (χ1) is 16.9. The molecule has 1 aromatic heterocycles. The number of imidazole rings is 1. The number of carbonyl (C=O) groups is 3. The Bertz CT molecular complexity index is 1400. The van der Waals surface area contributed by atoms with Crippen molar-refractivity contribution >= 4 is 28.6 Å². The molecule has 3 aromatic carbocycles. The van der Waals surface area contributed by atoms with Gasteiger partial charge >= 0.3 is 5.97 Å². The van der Waals surface area contributed by atoms with Crippen molar-refractivity contribution in [2.45, 2.75) is 27.3 Å². The van der Waals surface area contributed by atoms with Gasteiger partial charge in [-0.05, 0) is 42.7 Å². The molecule has 0 fully saturated rings. The lowest BCUT2D eigenvalue weighted by Crippen LogP contribution is -2.11. The van der Waals surface area contributed by atoms with Gasteiger partial charge < -0.3 is 9.47 Å². The number of ketones is 2. The van der Waals surface area contributed by atoms with Crippen molar-refractivity contribution < 1.29 is 23.9 Å². The first kappa shape index (κ1) is 23.9. The standard InChI is InChI=1S/C28H26N2O5/c1-4-34-27(33)23-11-8-12-24-25(23)30(28(29-24)35-5-2)17-19-13-15-20(16-14-19)21-9-6-7-10-22(21)26(32)18(3)31/h6-16H,4-5,17H2,1-3H3. The molecule has 0 saturated carbocycles. The summed E-state index contributed by atoms with van der Waals surface area (Å²) < 4.78 is 12.9. The van der Waals surface area contributed by atoms with E-state index in [-0.39, 0.29) is 6.61 Å². The van der Waals surface area contributed by atoms with Crippen LogP contribution in [0.4, 0.5) is 0 Å². The molecule has 35 heavy (non-hydrogen) atoms. The predicted octanol–water partition coefficient (Wildman–Crippen LogP) is 5.10. The van der Waals surface area contributed by atoms with Crippen LogP contribution in [0.25, 0.3) is 22.2 Å². The van der Waals surface area contributed by atoms with Crippen LogP contribution >= 0.6 is 0 Å². The van der Waals surface area contributed by atoms with E-state index in [4.69, 9.17) is 9.47 Å². The summed E-state index contributed by atoms with van der Waals surface area (Å²) in [7, 11) is 0. The van der Waals surface area contributed by atoms with Crippen molar-refractivity contribution in [2.24, 2.45) is 0 Å². The maximum atomic E-state index is 12.6. The Morgan fingerprint density at radius 1 is 0.857 bits per heavy atom. The number of fused-ring (bicyclic) bond motifs is 1. The Labute approximate surface area is 203 Å². The third-order valence-corrected chi connectivity index (χ3v) is 5.60. The van der Waals surface area contributed by atoms with Gasteiger partial charge in [0.15, 0.2) is 5.78 Å². The second-order valence-electron chi connectivity index (χ2n) is 7.94. The predicted molar refractivity (Wildman–Crippen MR) is 133 cm³/mol. The van der Waals surface area contributed by atoms with E-state index in [1.807, 2.05) is 54.0 Å². The maximum absolute atomic E-state index is 12.6.